The third-order valence-electron chi connectivity index (χ3n) is 3.00. The van der Waals surface area contributed by atoms with Gasteiger partial charge in [-0.05, 0) is 26.0 Å². The second-order valence-corrected chi connectivity index (χ2v) is 7.27. The van der Waals surface area contributed by atoms with Crippen molar-refractivity contribution in [3.05, 3.63) is 29.6 Å². The van der Waals surface area contributed by atoms with Crippen LogP contribution in [-0.2, 0) is 0 Å². The number of benzene rings is 1. The molecule has 1 fully saturated rings. The van der Waals surface area contributed by atoms with E-state index >= 15 is 0 Å². The summed E-state index contributed by atoms with van der Waals surface area (Å²) in [4.78, 5) is 2.30. The highest BCUT2D eigenvalue weighted by Gasteiger charge is 2.29. The molecule has 1 aliphatic rings. The Bertz CT molecular complexity index is 474. The van der Waals surface area contributed by atoms with E-state index in [-0.39, 0.29) is 15.6 Å². The second-order valence-electron chi connectivity index (χ2n) is 5.03. The lowest BCUT2D eigenvalue weighted by atomic mass is 10.1. The molecule has 0 aliphatic carbocycles. The first-order valence-electron chi connectivity index (χ1n) is 5.88. The van der Waals surface area contributed by atoms with Crippen LogP contribution in [0.15, 0.2) is 18.2 Å². The van der Waals surface area contributed by atoms with Gasteiger partial charge in [-0.15, -0.1) is 0 Å². The van der Waals surface area contributed by atoms with Crippen LogP contribution in [0.4, 0.5) is 10.1 Å². The first-order valence-corrected chi connectivity index (χ1v) is 7.27. The molecule has 0 aromatic heterocycles. The maximum Gasteiger partial charge on any atom is 0.135 e. The van der Waals surface area contributed by atoms with Crippen LogP contribution in [-0.4, -0.2) is 28.6 Å². The maximum absolute atomic E-state index is 13.8. The molecule has 5 heteroatoms. The number of halogens is 1. The van der Waals surface area contributed by atoms with Crippen LogP contribution in [0.25, 0.3) is 0 Å². The van der Waals surface area contributed by atoms with Gasteiger partial charge >= 0.3 is 0 Å². The molecule has 18 heavy (non-hydrogen) atoms. The largest absolute Gasteiger partial charge is 0.389 e. The zero-order chi connectivity index (χ0) is 13.3. The summed E-state index contributed by atoms with van der Waals surface area (Å²) in [6.07, 6.45) is 0. The van der Waals surface area contributed by atoms with Crippen molar-refractivity contribution in [1.29, 1.82) is 0 Å². The standard InChI is InChI=1S/C13H17FN2S2/c1-13(2)8-16(6-7-18-13)10-5-3-4-9(14)11(10)12(15)17/h3-5H,6-8H2,1-2H3,(H2,15,17). The SMILES string of the molecule is CC1(C)CN(c2cccc(F)c2C(N)=S)CCS1. The topological polar surface area (TPSA) is 29.3 Å². The number of thiocarbonyl (C=S) groups is 1. The minimum atomic E-state index is -0.337. The molecule has 1 aromatic carbocycles. The third kappa shape index (κ3) is 2.78. The van der Waals surface area contributed by atoms with Gasteiger partial charge in [0.1, 0.15) is 10.8 Å². The van der Waals surface area contributed by atoms with Gasteiger partial charge in [0.2, 0.25) is 0 Å². The molecule has 0 spiro atoms. The van der Waals surface area contributed by atoms with Crippen LogP contribution in [0.1, 0.15) is 19.4 Å². The number of thioether (sulfide) groups is 1. The number of nitrogens with zero attached hydrogens (tertiary/aromatic N) is 1. The van der Waals surface area contributed by atoms with Crippen LogP contribution >= 0.6 is 24.0 Å². The van der Waals surface area contributed by atoms with Crippen molar-refractivity contribution in [3.8, 4) is 0 Å². The molecule has 0 saturated carbocycles. The normalized spacial score (nSPS) is 18.7. The molecular formula is C13H17FN2S2. The fourth-order valence-corrected chi connectivity index (χ4v) is 3.56. The quantitative estimate of drug-likeness (QED) is 0.846. The van der Waals surface area contributed by atoms with Crippen molar-refractivity contribution in [1.82, 2.24) is 0 Å². The lowest BCUT2D eigenvalue weighted by Crippen LogP contribution is -2.44. The Hall–Kier alpha value is -0.810. The Morgan fingerprint density at radius 1 is 1.50 bits per heavy atom. The van der Waals surface area contributed by atoms with Crippen LogP contribution in [0.2, 0.25) is 0 Å². The van der Waals surface area contributed by atoms with Gasteiger partial charge in [-0.2, -0.15) is 11.8 Å². The summed E-state index contributed by atoms with van der Waals surface area (Å²) in [6.45, 7) is 6.16. The van der Waals surface area contributed by atoms with Crippen molar-refractivity contribution in [2.75, 3.05) is 23.7 Å². The molecule has 0 radical (unpaired) electrons. The van der Waals surface area contributed by atoms with E-state index in [1.165, 1.54) is 6.07 Å². The molecule has 0 bridgehead atoms. The third-order valence-corrected chi connectivity index (χ3v) is 4.51. The predicted molar refractivity (Wildman–Crippen MR) is 81.0 cm³/mol. The van der Waals surface area contributed by atoms with Crippen LogP contribution in [0.5, 0.6) is 0 Å². The molecular weight excluding hydrogens is 267 g/mol. The maximum atomic E-state index is 13.8. The summed E-state index contributed by atoms with van der Waals surface area (Å²) in [6, 6.07) is 5.01. The van der Waals surface area contributed by atoms with Gasteiger partial charge < -0.3 is 10.6 Å². The van der Waals surface area contributed by atoms with Gasteiger partial charge in [-0.25, -0.2) is 4.39 Å². The molecule has 0 amide bonds. The van der Waals surface area contributed by atoms with Gasteiger partial charge in [0.05, 0.1) is 5.56 Å². The number of hydrogen-bond acceptors (Lipinski definition) is 3. The van der Waals surface area contributed by atoms with E-state index < -0.39 is 0 Å². The van der Waals surface area contributed by atoms with Crippen molar-refractivity contribution >= 4 is 34.7 Å². The molecule has 1 saturated heterocycles. The predicted octanol–water partition coefficient (Wildman–Crippen LogP) is 2.79. The molecule has 1 aromatic rings. The molecule has 0 unspecified atom stereocenters. The summed E-state index contributed by atoms with van der Waals surface area (Å²) >= 11 is 6.91. The molecule has 2 N–H and O–H groups in total. The van der Waals surface area contributed by atoms with Crippen molar-refractivity contribution < 1.29 is 4.39 Å². The summed E-state index contributed by atoms with van der Waals surface area (Å²) < 4.78 is 14.0. The van der Waals surface area contributed by atoms with Crippen molar-refractivity contribution in [3.63, 3.8) is 0 Å². The van der Waals surface area contributed by atoms with E-state index in [9.17, 15) is 4.39 Å². The Labute approximate surface area is 117 Å². The fraction of sp³-hybridized carbons (Fsp3) is 0.462. The van der Waals surface area contributed by atoms with E-state index in [1.54, 1.807) is 6.07 Å². The summed E-state index contributed by atoms with van der Waals surface area (Å²) in [5.41, 5.74) is 6.84. The second kappa shape index (κ2) is 5.05. The minimum Gasteiger partial charge on any atom is -0.389 e. The van der Waals surface area contributed by atoms with Crippen molar-refractivity contribution in [2.45, 2.75) is 18.6 Å². The van der Waals surface area contributed by atoms with Crippen LogP contribution in [0.3, 0.4) is 0 Å². The summed E-state index contributed by atoms with van der Waals surface area (Å²) in [5.74, 6) is 0.691. The van der Waals surface area contributed by atoms with E-state index in [0.717, 1.165) is 24.5 Å². The Kier molecular flexibility index (Phi) is 3.82. The number of anilines is 1. The van der Waals surface area contributed by atoms with E-state index in [2.05, 4.69) is 18.7 Å². The van der Waals surface area contributed by atoms with Gasteiger partial charge in [-0.3, -0.25) is 0 Å². The highest BCUT2D eigenvalue weighted by atomic mass is 32.2. The Balaban J connectivity index is 2.39. The smallest absolute Gasteiger partial charge is 0.135 e. The van der Waals surface area contributed by atoms with E-state index in [0.29, 0.717) is 5.56 Å². The Morgan fingerprint density at radius 3 is 2.83 bits per heavy atom. The molecule has 1 aliphatic heterocycles. The molecule has 0 atom stereocenters. The summed E-state index contributed by atoms with van der Waals surface area (Å²) in [5, 5.41) is 0. The Morgan fingerprint density at radius 2 is 2.22 bits per heavy atom. The molecule has 1 heterocycles. The van der Waals surface area contributed by atoms with Gasteiger partial charge in [-0.1, -0.05) is 18.3 Å². The number of rotatable bonds is 2. The van der Waals surface area contributed by atoms with Gasteiger partial charge in [0, 0.05) is 29.3 Å². The monoisotopic (exact) mass is 284 g/mol. The zero-order valence-electron chi connectivity index (χ0n) is 10.6. The average Bonchev–Trinajstić information content (AvgIpc) is 2.26. The molecule has 2 rings (SSSR count). The first kappa shape index (κ1) is 13.6. The van der Waals surface area contributed by atoms with Crippen LogP contribution in [0, 0.1) is 5.82 Å². The van der Waals surface area contributed by atoms with Gasteiger partial charge in [0.15, 0.2) is 0 Å². The first-order chi connectivity index (χ1) is 8.41. The number of nitrogens with two attached hydrogens (primary N) is 1. The highest BCUT2D eigenvalue weighted by molar-refractivity contribution is 8.00. The number of hydrogen-bond donors (Lipinski definition) is 1. The highest BCUT2D eigenvalue weighted by Crippen LogP contribution is 2.34. The fourth-order valence-electron chi connectivity index (χ4n) is 2.24. The van der Waals surface area contributed by atoms with E-state index in [4.69, 9.17) is 18.0 Å². The average molecular weight is 284 g/mol. The molecule has 2 nitrogen and oxygen atoms in total. The van der Waals surface area contributed by atoms with E-state index in [1.807, 2.05) is 17.8 Å². The minimum absolute atomic E-state index is 0.124. The molecule has 98 valence electrons. The zero-order valence-corrected chi connectivity index (χ0v) is 12.2. The van der Waals surface area contributed by atoms with Crippen molar-refractivity contribution in [2.24, 2.45) is 5.73 Å². The lowest BCUT2D eigenvalue weighted by Gasteiger charge is -2.39. The lowest BCUT2D eigenvalue weighted by molar-refractivity contribution is 0.617. The van der Waals surface area contributed by atoms with Gasteiger partial charge in [0.25, 0.3) is 0 Å². The summed E-state index contributed by atoms with van der Waals surface area (Å²) in [7, 11) is 0. The van der Waals surface area contributed by atoms with Crippen LogP contribution < -0.4 is 10.6 Å².